The third-order valence-electron chi connectivity index (χ3n) is 1.60. The summed E-state index contributed by atoms with van der Waals surface area (Å²) in [6, 6.07) is 2.07. The second-order valence-corrected chi connectivity index (χ2v) is 5.43. The summed E-state index contributed by atoms with van der Waals surface area (Å²) in [5.74, 6) is 0. The van der Waals surface area contributed by atoms with E-state index in [0.717, 1.165) is 5.02 Å². The largest absolute Gasteiger partial charge is 0.144 e. The molecule has 0 saturated heterocycles. The lowest BCUT2D eigenvalue weighted by Gasteiger charge is -2.14. The van der Waals surface area contributed by atoms with Crippen molar-refractivity contribution in [3.63, 3.8) is 0 Å². The van der Waals surface area contributed by atoms with Crippen LogP contribution in [0.2, 0.25) is 5.02 Å². The standard InChI is InChI=1S/C9H13ClS/c1-6-7(10)5-8(11-6)9(2,3)4/h5H,1-4H3. The van der Waals surface area contributed by atoms with Crippen molar-refractivity contribution in [3.05, 3.63) is 20.8 Å². The Bertz CT molecular complexity index is 236. The average molecular weight is 189 g/mol. The topological polar surface area (TPSA) is 0 Å². The summed E-state index contributed by atoms with van der Waals surface area (Å²) in [6.07, 6.45) is 0. The normalized spacial score (nSPS) is 12.1. The molecule has 1 rings (SSSR count). The van der Waals surface area contributed by atoms with Crippen LogP contribution in [0.5, 0.6) is 0 Å². The number of rotatable bonds is 0. The molecule has 0 aliphatic heterocycles. The second-order valence-electron chi connectivity index (χ2n) is 3.76. The fourth-order valence-corrected chi connectivity index (χ4v) is 2.09. The Morgan fingerprint density at radius 2 is 1.91 bits per heavy atom. The van der Waals surface area contributed by atoms with Crippen molar-refractivity contribution in [1.82, 2.24) is 0 Å². The molecule has 0 spiro atoms. The zero-order valence-corrected chi connectivity index (χ0v) is 8.94. The van der Waals surface area contributed by atoms with Gasteiger partial charge in [0.15, 0.2) is 0 Å². The third-order valence-corrected chi connectivity index (χ3v) is 3.58. The van der Waals surface area contributed by atoms with Gasteiger partial charge in [-0.15, -0.1) is 11.3 Å². The van der Waals surface area contributed by atoms with Crippen molar-refractivity contribution in [2.75, 3.05) is 0 Å². The smallest absolute Gasteiger partial charge is 0.0545 e. The fraction of sp³-hybridized carbons (Fsp3) is 0.556. The van der Waals surface area contributed by atoms with Gasteiger partial charge < -0.3 is 0 Å². The Morgan fingerprint density at radius 1 is 1.36 bits per heavy atom. The first-order valence-corrected chi connectivity index (χ1v) is 4.87. The summed E-state index contributed by atoms with van der Waals surface area (Å²) in [7, 11) is 0. The average Bonchev–Trinajstić information content (AvgIpc) is 2.11. The molecule has 0 bridgehead atoms. The maximum absolute atomic E-state index is 5.95. The fourth-order valence-electron chi connectivity index (χ4n) is 0.829. The lowest BCUT2D eigenvalue weighted by molar-refractivity contribution is 0.604. The van der Waals surface area contributed by atoms with Gasteiger partial charge >= 0.3 is 0 Å². The molecule has 1 aromatic rings. The lowest BCUT2D eigenvalue weighted by atomic mass is 9.95. The van der Waals surface area contributed by atoms with Gasteiger partial charge in [0.2, 0.25) is 0 Å². The summed E-state index contributed by atoms with van der Waals surface area (Å²) in [5.41, 5.74) is 0.239. The SMILES string of the molecule is Cc1sc(C(C)(C)C)cc1Cl. The summed E-state index contributed by atoms with van der Waals surface area (Å²) in [6.45, 7) is 8.67. The van der Waals surface area contributed by atoms with E-state index in [1.807, 2.05) is 0 Å². The van der Waals surface area contributed by atoms with Gasteiger partial charge in [-0.1, -0.05) is 32.4 Å². The first kappa shape index (κ1) is 9.08. The molecule has 0 aliphatic rings. The first-order valence-electron chi connectivity index (χ1n) is 3.67. The molecular formula is C9H13ClS. The predicted octanol–water partition coefficient (Wildman–Crippen LogP) is 4.01. The highest BCUT2D eigenvalue weighted by Gasteiger charge is 2.17. The highest BCUT2D eigenvalue weighted by molar-refractivity contribution is 7.12. The molecule has 0 aromatic carbocycles. The Labute approximate surface area is 77.2 Å². The number of halogens is 1. The van der Waals surface area contributed by atoms with Crippen LogP contribution in [0.25, 0.3) is 0 Å². The Morgan fingerprint density at radius 3 is 2.09 bits per heavy atom. The van der Waals surface area contributed by atoms with Crippen LogP contribution >= 0.6 is 22.9 Å². The highest BCUT2D eigenvalue weighted by atomic mass is 35.5. The van der Waals surface area contributed by atoms with Gasteiger partial charge in [0.1, 0.15) is 0 Å². The van der Waals surface area contributed by atoms with E-state index in [1.54, 1.807) is 11.3 Å². The van der Waals surface area contributed by atoms with E-state index in [1.165, 1.54) is 9.75 Å². The lowest BCUT2D eigenvalue weighted by Crippen LogP contribution is -2.07. The maximum Gasteiger partial charge on any atom is 0.0545 e. The van der Waals surface area contributed by atoms with Crippen molar-refractivity contribution in [2.45, 2.75) is 33.1 Å². The van der Waals surface area contributed by atoms with E-state index in [-0.39, 0.29) is 5.41 Å². The van der Waals surface area contributed by atoms with Gasteiger partial charge in [0.05, 0.1) is 5.02 Å². The van der Waals surface area contributed by atoms with Gasteiger partial charge in [-0.05, 0) is 18.4 Å². The third kappa shape index (κ3) is 1.97. The van der Waals surface area contributed by atoms with Crippen molar-refractivity contribution >= 4 is 22.9 Å². The molecular weight excluding hydrogens is 176 g/mol. The van der Waals surface area contributed by atoms with Crippen molar-refractivity contribution < 1.29 is 0 Å². The van der Waals surface area contributed by atoms with Crippen LogP contribution in [-0.4, -0.2) is 0 Å². The van der Waals surface area contributed by atoms with Crippen LogP contribution < -0.4 is 0 Å². The van der Waals surface area contributed by atoms with E-state index in [0.29, 0.717) is 0 Å². The van der Waals surface area contributed by atoms with Crippen LogP contribution in [0.1, 0.15) is 30.5 Å². The Kier molecular flexibility index (Phi) is 2.31. The molecule has 0 radical (unpaired) electrons. The van der Waals surface area contributed by atoms with Gasteiger partial charge in [0, 0.05) is 9.75 Å². The van der Waals surface area contributed by atoms with E-state index in [2.05, 4.69) is 33.8 Å². The summed E-state index contributed by atoms with van der Waals surface area (Å²) < 4.78 is 0. The second kappa shape index (κ2) is 2.80. The molecule has 62 valence electrons. The molecule has 2 heteroatoms. The molecule has 0 atom stereocenters. The van der Waals surface area contributed by atoms with Crippen LogP contribution in [0.15, 0.2) is 6.07 Å². The number of thiophene rings is 1. The Balaban J connectivity index is 3.08. The van der Waals surface area contributed by atoms with Crippen molar-refractivity contribution in [1.29, 1.82) is 0 Å². The summed E-state index contributed by atoms with van der Waals surface area (Å²) in [5, 5.41) is 0.903. The van der Waals surface area contributed by atoms with E-state index in [4.69, 9.17) is 11.6 Å². The van der Waals surface area contributed by atoms with E-state index >= 15 is 0 Å². The number of hydrogen-bond acceptors (Lipinski definition) is 1. The minimum atomic E-state index is 0.239. The van der Waals surface area contributed by atoms with Crippen molar-refractivity contribution in [3.8, 4) is 0 Å². The molecule has 1 heterocycles. The zero-order valence-electron chi connectivity index (χ0n) is 7.36. The molecule has 0 saturated carbocycles. The van der Waals surface area contributed by atoms with Gasteiger partial charge in [-0.2, -0.15) is 0 Å². The first-order chi connectivity index (χ1) is 4.91. The van der Waals surface area contributed by atoms with Crippen LogP contribution in [0.4, 0.5) is 0 Å². The summed E-state index contributed by atoms with van der Waals surface area (Å²) in [4.78, 5) is 2.58. The minimum absolute atomic E-state index is 0.239. The molecule has 11 heavy (non-hydrogen) atoms. The predicted molar refractivity (Wildman–Crippen MR) is 52.8 cm³/mol. The molecule has 0 amide bonds. The Hall–Kier alpha value is -0.0100. The quantitative estimate of drug-likeness (QED) is 0.577. The maximum atomic E-state index is 5.95. The van der Waals surface area contributed by atoms with Gasteiger partial charge in [-0.3, -0.25) is 0 Å². The van der Waals surface area contributed by atoms with Gasteiger partial charge in [-0.25, -0.2) is 0 Å². The van der Waals surface area contributed by atoms with Crippen LogP contribution in [-0.2, 0) is 5.41 Å². The van der Waals surface area contributed by atoms with Crippen LogP contribution in [0, 0.1) is 6.92 Å². The molecule has 0 aliphatic carbocycles. The molecule has 0 unspecified atom stereocenters. The molecule has 0 nitrogen and oxygen atoms in total. The highest BCUT2D eigenvalue weighted by Crippen LogP contribution is 2.34. The van der Waals surface area contributed by atoms with Crippen molar-refractivity contribution in [2.24, 2.45) is 0 Å². The summed E-state index contributed by atoms with van der Waals surface area (Å²) >= 11 is 7.74. The number of hydrogen-bond donors (Lipinski definition) is 0. The molecule has 1 aromatic heterocycles. The van der Waals surface area contributed by atoms with Crippen LogP contribution in [0.3, 0.4) is 0 Å². The van der Waals surface area contributed by atoms with E-state index in [9.17, 15) is 0 Å². The molecule has 0 fully saturated rings. The molecule has 0 N–H and O–H groups in total. The number of aryl methyl sites for hydroxylation is 1. The zero-order chi connectivity index (χ0) is 8.65. The monoisotopic (exact) mass is 188 g/mol. The van der Waals surface area contributed by atoms with Gasteiger partial charge in [0.25, 0.3) is 0 Å². The van der Waals surface area contributed by atoms with E-state index < -0.39 is 0 Å². The minimum Gasteiger partial charge on any atom is -0.144 e.